The van der Waals surface area contributed by atoms with Crippen LogP contribution in [-0.2, 0) is 20.9 Å². The van der Waals surface area contributed by atoms with Crippen molar-refractivity contribution in [1.82, 2.24) is 9.80 Å². The quantitative estimate of drug-likeness (QED) is 0.704. The molecule has 32 heavy (non-hydrogen) atoms. The first-order valence-corrected chi connectivity index (χ1v) is 10.8. The van der Waals surface area contributed by atoms with Crippen LogP contribution in [0.4, 0.5) is 16.2 Å². The summed E-state index contributed by atoms with van der Waals surface area (Å²) in [7, 11) is 0. The Morgan fingerprint density at radius 3 is 2.34 bits per heavy atom. The number of nitrogens with one attached hydrogen (secondary N) is 1. The number of carbonyl (C=O) groups excluding carboxylic acids is 3. The number of hydrogen-bond donors (Lipinski definition) is 1. The second-order valence-corrected chi connectivity index (χ2v) is 8.22. The van der Waals surface area contributed by atoms with Crippen molar-refractivity contribution in [3.8, 4) is 0 Å². The van der Waals surface area contributed by atoms with E-state index in [9.17, 15) is 14.4 Å². The first kappa shape index (κ1) is 22.0. The lowest BCUT2D eigenvalue weighted by molar-refractivity contribution is -0.130. The molecule has 168 valence electrons. The van der Waals surface area contributed by atoms with E-state index in [1.807, 2.05) is 43.3 Å². The minimum absolute atomic E-state index is 0.320. The molecule has 2 aliphatic heterocycles. The van der Waals surface area contributed by atoms with Gasteiger partial charge in [-0.3, -0.25) is 24.3 Å². The fraction of sp³-hybridized carbons (Fsp3) is 0.375. The Labute approximate surface area is 187 Å². The van der Waals surface area contributed by atoms with E-state index in [1.165, 1.54) is 4.90 Å². The van der Waals surface area contributed by atoms with E-state index < -0.39 is 18.0 Å². The summed E-state index contributed by atoms with van der Waals surface area (Å²) in [6, 6.07) is 13.9. The van der Waals surface area contributed by atoms with Gasteiger partial charge in [-0.15, -0.1) is 0 Å². The maximum absolute atomic E-state index is 12.9. The summed E-state index contributed by atoms with van der Waals surface area (Å²) in [4.78, 5) is 42.8. The molecule has 8 nitrogen and oxygen atoms in total. The highest BCUT2D eigenvalue weighted by molar-refractivity contribution is 6.16. The highest BCUT2D eigenvalue weighted by Gasteiger charge is 2.44. The van der Waals surface area contributed by atoms with Crippen LogP contribution in [0.25, 0.3) is 0 Å². The maximum atomic E-state index is 12.9. The Morgan fingerprint density at radius 1 is 1.03 bits per heavy atom. The Bertz CT molecular complexity index is 984. The molecule has 2 aliphatic rings. The van der Waals surface area contributed by atoms with Crippen molar-refractivity contribution in [2.24, 2.45) is 0 Å². The Balaban J connectivity index is 1.35. The van der Waals surface area contributed by atoms with Crippen molar-refractivity contribution in [3.63, 3.8) is 0 Å². The molecule has 0 aromatic heterocycles. The molecule has 2 heterocycles. The number of benzene rings is 2. The van der Waals surface area contributed by atoms with E-state index in [1.54, 1.807) is 19.1 Å². The summed E-state index contributed by atoms with van der Waals surface area (Å²) in [5, 5.41) is 2.78. The molecule has 1 atom stereocenters. The Morgan fingerprint density at radius 2 is 1.69 bits per heavy atom. The molecule has 2 saturated heterocycles. The number of morpholine rings is 1. The van der Waals surface area contributed by atoms with Crippen LogP contribution in [0.15, 0.2) is 48.5 Å². The van der Waals surface area contributed by atoms with Gasteiger partial charge in [-0.2, -0.15) is 0 Å². The Hall–Kier alpha value is -3.23. The van der Waals surface area contributed by atoms with E-state index in [0.29, 0.717) is 11.4 Å². The molecule has 2 aromatic rings. The van der Waals surface area contributed by atoms with Crippen molar-refractivity contribution >= 4 is 29.2 Å². The van der Waals surface area contributed by atoms with Crippen LogP contribution >= 0.6 is 0 Å². The number of anilines is 2. The summed E-state index contributed by atoms with van der Waals surface area (Å²) in [5.74, 6) is -0.794. The molecule has 0 saturated carbocycles. The molecule has 4 amide bonds. The molecule has 0 bridgehead atoms. The largest absolute Gasteiger partial charge is 0.379 e. The summed E-state index contributed by atoms with van der Waals surface area (Å²) in [6.45, 7) is 7.47. The molecule has 0 aliphatic carbocycles. The smallest absolute Gasteiger partial charge is 0.332 e. The van der Waals surface area contributed by atoms with Gasteiger partial charge in [-0.1, -0.05) is 29.8 Å². The van der Waals surface area contributed by atoms with Crippen molar-refractivity contribution in [1.29, 1.82) is 0 Å². The number of ether oxygens (including phenoxy) is 1. The monoisotopic (exact) mass is 436 g/mol. The van der Waals surface area contributed by atoms with E-state index in [0.717, 1.165) is 48.9 Å². The minimum Gasteiger partial charge on any atom is -0.379 e. The van der Waals surface area contributed by atoms with Gasteiger partial charge in [0.1, 0.15) is 12.6 Å². The van der Waals surface area contributed by atoms with Crippen LogP contribution in [-0.4, -0.2) is 66.5 Å². The number of rotatable bonds is 6. The minimum atomic E-state index is -0.655. The number of amides is 4. The lowest BCUT2D eigenvalue weighted by Crippen LogP contribution is -2.39. The molecule has 2 aromatic carbocycles. The van der Waals surface area contributed by atoms with Crippen LogP contribution in [0.2, 0.25) is 0 Å². The van der Waals surface area contributed by atoms with Crippen LogP contribution in [0.3, 0.4) is 0 Å². The van der Waals surface area contributed by atoms with Crippen LogP contribution in [0.5, 0.6) is 0 Å². The number of carbonyl (C=O) groups is 3. The summed E-state index contributed by atoms with van der Waals surface area (Å²) in [6.07, 6.45) is 0. The third-order valence-electron chi connectivity index (χ3n) is 5.81. The van der Waals surface area contributed by atoms with Gasteiger partial charge in [0, 0.05) is 31.0 Å². The van der Waals surface area contributed by atoms with Gasteiger partial charge in [0.15, 0.2) is 0 Å². The predicted octanol–water partition coefficient (Wildman–Crippen LogP) is 2.62. The van der Waals surface area contributed by atoms with E-state index in [4.69, 9.17) is 4.74 Å². The molecule has 1 unspecified atom stereocenters. The van der Waals surface area contributed by atoms with Crippen molar-refractivity contribution in [2.45, 2.75) is 26.4 Å². The van der Waals surface area contributed by atoms with Gasteiger partial charge in [0.05, 0.1) is 13.2 Å². The Kier molecular flexibility index (Phi) is 6.53. The zero-order valence-corrected chi connectivity index (χ0v) is 18.4. The average Bonchev–Trinajstić information content (AvgIpc) is 3.00. The van der Waals surface area contributed by atoms with Gasteiger partial charge in [-0.05, 0) is 43.7 Å². The SMILES string of the molecule is Cc1ccc(N2C(=O)N(CC(=O)Nc3ccc(CN4CCOCC4)cc3)C(=O)C2C)cc1. The topological polar surface area (TPSA) is 82.2 Å². The normalized spacial score (nSPS) is 19.5. The lowest BCUT2D eigenvalue weighted by atomic mass is 10.2. The number of hydrogen-bond acceptors (Lipinski definition) is 5. The lowest BCUT2D eigenvalue weighted by Gasteiger charge is -2.26. The van der Waals surface area contributed by atoms with Crippen LogP contribution < -0.4 is 10.2 Å². The molecular weight excluding hydrogens is 408 g/mol. The fourth-order valence-corrected chi connectivity index (χ4v) is 3.97. The van der Waals surface area contributed by atoms with Gasteiger partial charge >= 0.3 is 6.03 Å². The fourth-order valence-electron chi connectivity index (χ4n) is 3.97. The molecule has 4 rings (SSSR count). The summed E-state index contributed by atoms with van der Waals surface area (Å²) < 4.78 is 5.37. The predicted molar refractivity (Wildman–Crippen MR) is 121 cm³/mol. The van der Waals surface area contributed by atoms with Crippen molar-refractivity contribution in [3.05, 3.63) is 59.7 Å². The molecular formula is C24H28N4O4. The third kappa shape index (κ3) is 4.81. The summed E-state index contributed by atoms with van der Waals surface area (Å²) >= 11 is 0. The third-order valence-corrected chi connectivity index (χ3v) is 5.81. The molecule has 1 N–H and O–H groups in total. The van der Waals surface area contributed by atoms with Gasteiger partial charge in [0.25, 0.3) is 5.91 Å². The van der Waals surface area contributed by atoms with Gasteiger partial charge in [0.2, 0.25) is 5.91 Å². The molecule has 0 spiro atoms. The first-order valence-electron chi connectivity index (χ1n) is 10.8. The van der Waals surface area contributed by atoms with Crippen LogP contribution in [0.1, 0.15) is 18.1 Å². The average molecular weight is 437 g/mol. The summed E-state index contributed by atoms with van der Waals surface area (Å²) in [5.41, 5.74) is 3.48. The second kappa shape index (κ2) is 9.50. The molecule has 0 radical (unpaired) electrons. The molecule has 8 heteroatoms. The van der Waals surface area contributed by atoms with Crippen molar-refractivity contribution < 1.29 is 19.1 Å². The van der Waals surface area contributed by atoms with E-state index in [2.05, 4.69) is 10.2 Å². The van der Waals surface area contributed by atoms with Gasteiger partial charge < -0.3 is 10.1 Å². The van der Waals surface area contributed by atoms with Crippen LogP contribution in [0, 0.1) is 6.92 Å². The van der Waals surface area contributed by atoms with Gasteiger partial charge in [-0.25, -0.2) is 4.79 Å². The van der Waals surface area contributed by atoms with E-state index in [-0.39, 0.29) is 12.5 Å². The number of imide groups is 1. The number of urea groups is 1. The van der Waals surface area contributed by atoms with E-state index >= 15 is 0 Å². The van der Waals surface area contributed by atoms with Crippen molar-refractivity contribution in [2.75, 3.05) is 43.1 Å². The zero-order chi connectivity index (χ0) is 22.7. The second-order valence-electron chi connectivity index (χ2n) is 8.22. The number of aryl methyl sites for hydroxylation is 1. The molecule has 2 fully saturated rings. The standard InChI is InChI=1S/C24H28N4O4/c1-17-3-9-21(10-4-17)28-18(2)23(30)27(24(28)31)16-22(29)25-20-7-5-19(6-8-20)15-26-11-13-32-14-12-26/h3-10,18H,11-16H2,1-2H3,(H,25,29). The highest BCUT2D eigenvalue weighted by atomic mass is 16.5. The highest BCUT2D eigenvalue weighted by Crippen LogP contribution is 2.26. The first-order chi connectivity index (χ1) is 15.4. The maximum Gasteiger partial charge on any atom is 0.332 e. The number of nitrogens with zero attached hydrogens (tertiary/aromatic N) is 3. The zero-order valence-electron chi connectivity index (χ0n) is 18.4.